The van der Waals surface area contributed by atoms with Crippen LogP contribution in [-0.4, -0.2) is 19.5 Å². The zero-order valence-corrected chi connectivity index (χ0v) is 23.3. The first-order valence-electron chi connectivity index (χ1n) is 13.5. The zero-order chi connectivity index (χ0) is 26.9. The lowest BCUT2D eigenvalue weighted by molar-refractivity contribution is 0.955. The third-order valence-corrected chi connectivity index (χ3v) is 9.84. The average molecular weight is 561 g/mol. The summed E-state index contributed by atoms with van der Waals surface area (Å²) in [6, 6.07) is 40.0. The molecule has 0 fully saturated rings. The molecule has 4 nitrogen and oxygen atoms in total. The Morgan fingerprint density at radius 1 is 0.512 bits per heavy atom. The maximum absolute atomic E-state index is 5.15. The number of rotatable bonds is 3. The summed E-state index contributed by atoms with van der Waals surface area (Å²) in [5, 5.41) is 8.58. The number of hydrogen-bond donors (Lipinski definition) is 0. The Morgan fingerprint density at radius 3 is 1.88 bits per heavy atom. The van der Waals surface area contributed by atoms with Gasteiger partial charge >= 0.3 is 0 Å². The molecule has 0 spiro atoms. The highest BCUT2D eigenvalue weighted by Crippen LogP contribution is 2.49. The molecule has 0 aliphatic heterocycles. The summed E-state index contributed by atoms with van der Waals surface area (Å²) >= 11 is 3.65. The fraction of sp³-hybridized carbons (Fsp3) is 0. The molecule has 0 bridgehead atoms. The van der Waals surface area contributed by atoms with Gasteiger partial charge < -0.3 is 0 Å². The van der Waals surface area contributed by atoms with Crippen molar-refractivity contribution in [2.24, 2.45) is 0 Å². The van der Waals surface area contributed by atoms with Gasteiger partial charge in [-0.25, -0.2) is 4.98 Å². The minimum absolute atomic E-state index is 0.624. The van der Waals surface area contributed by atoms with Gasteiger partial charge in [0.25, 0.3) is 0 Å². The van der Waals surface area contributed by atoms with Gasteiger partial charge in [0.1, 0.15) is 0 Å². The number of fused-ring (bicyclic) bond motifs is 10. The maximum Gasteiger partial charge on any atom is 0.238 e. The van der Waals surface area contributed by atoms with Crippen molar-refractivity contribution in [3.05, 3.63) is 121 Å². The highest BCUT2D eigenvalue weighted by atomic mass is 32.1. The normalized spacial score (nSPS) is 11.9. The van der Waals surface area contributed by atoms with Gasteiger partial charge in [0.05, 0.1) is 15.7 Å². The SMILES string of the molecule is c1ccc(-c2nc(-c3ccccc3)nc(-n3c4ccccc4c4c5sccc5c5c6ccccc6sc5c43)n2)cc1. The summed E-state index contributed by atoms with van der Waals surface area (Å²) in [5.74, 6) is 1.94. The minimum Gasteiger partial charge on any atom is -0.276 e. The van der Waals surface area contributed by atoms with Crippen LogP contribution in [0.15, 0.2) is 121 Å². The molecule has 9 rings (SSSR count). The first kappa shape index (κ1) is 22.9. The quantitative estimate of drug-likeness (QED) is 0.216. The lowest BCUT2D eigenvalue weighted by Crippen LogP contribution is -2.06. The second-order valence-electron chi connectivity index (χ2n) is 10.1. The van der Waals surface area contributed by atoms with E-state index in [4.69, 9.17) is 15.0 Å². The summed E-state index contributed by atoms with van der Waals surface area (Å²) in [6.07, 6.45) is 0. The van der Waals surface area contributed by atoms with Crippen molar-refractivity contribution in [2.75, 3.05) is 0 Å². The van der Waals surface area contributed by atoms with Gasteiger partial charge in [-0.3, -0.25) is 4.57 Å². The van der Waals surface area contributed by atoms with E-state index in [-0.39, 0.29) is 0 Å². The second kappa shape index (κ2) is 8.80. The predicted molar refractivity (Wildman–Crippen MR) is 173 cm³/mol. The summed E-state index contributed by atoms with van der Waals surface area (Å²) in [7, 11) is 0. The van der Waals surface area contributed by atoms with Crippen LogP contribution in [0, 0.1) is 0 Å². The van der Waals surface area contributed by atoms with Gasteiger partial charge in [-0.2, -0.15) is 9.97 Å². The highest BCUT2D eigenvalue weighted by molar-refractivity contribution is 7.27. The van der Waals surface area contributed by atoms with Gasteiger partial charge in [-0.1, -0.05) is 97.1 Å². The molecule has 0 N–H and O–H groups in total. The van der Waals surface area contributed by atoms with Crippen LogP contribution in [0.3, 0.4) is 0 Å². The van der Waals surface area contributed by atoms with E-state index in [1.165, 1.54) is 41.0 Å². The van der Waals surface area contributed by atoms with E-state index in [1.54, 1.807) is 11.3 Å². The Morgan fingerprint density at radius 2 is 1.15 bits per heavy atom. The Bertz CT molecular complexity index is 2360. The maximum atomic E-state index is 5.15. The Labute approximate surface area is 242 Å². The van der Waals surface area contributed by atoms with Crippen LogP contribution < -0.4 is 0 Å². The van der Waals surface area contributed by atoms with Crippen molar-refractivity contribution >= 4 is 74.7 Å². The third-order valence-electron chi connectivity index (χ3n) is 7.73. The molecule has 192 valence electrons. The molecular weight excluding hydrogens is 541 g/mol. The van der Waals surface area contributed by atoms with Crippen LogP contribution in [0.4, 0.5) is 0 Å². The van der Waals surface area contributed by atoms with Crippen molar-refractivity contribution in [3.8, 4) is 28.7 Å². The van der Waals surface area contributed by atoms with E-state index in [9.17, 15) is 0 Å². The molecule has 0 radical (unpaired) electrons. The van der Waals surface area contributed by atoms with Crippen molar-refractivity contribution in [1.29, 1.82) is 0 Å². The number of benzene rings is 5. The van der Waals surface area contributed by atoms with Gasteiger partial charge in [0, 0.05) is 47.5 Å². The first-order chi connectivity index (χ1) is 20.3. The number of nitrogens with zero attached hydrogens (tertiary/aromatic N) is 4. The van der Waals surface area contributed by atoms with E-state index in [0.717, 1.165) is 22.2 Å². The molecule has 4 heterocycles. The Balaban J connectivity index is 1.49. The zero-order valence-electron chi connectivity index (χ0n) is 21.7. The topological polar surface area (TPSA) is 43.6 Å². The van der Waals surface area contributed by atoms with Crippen molar-refractivity contribution < 1.29 is 0 Å². The van der Waals surface area contributed by atoms with Crippen molar-refractivity contribution in [1.82, 2.24) is 19.5 Å². The fourth-order valence-corrected chi connectivity index (χ4v) is 8.19. The van der Waals surface area contributed by atoms with Crippen LogP contribution in [-0.2, 0) is 0 Å². The molecule has 0 saturated heterocycles. The number of thiophene rings is 2. The van der Waals surface area contributed by atoms with E-state index in [1.807, 2.05) is 47.7 Å². The molecule has 5 aromatic carbocycles. The Kier molecular flexibility index (Phi) is 4.90. The molecule has 9 aromatic rings. The molecule has 0 amide bonds. The van der Waals surface area contributed by atoms with Crippen LogP contribution in [0.1, 0.15) is 0 Å². The molecule has 0 aliphatic rings. The van der Waals surface area contributed by atoms with Crippen LogP contribution in [0.25, 0.3) is 80.8 Å². The monoisotopic (exact) mass is 560 g/mol. The average Bonchev–Trinajstić information content (AvgIpc) is 3.75. The molecule has 0 atom stereocenters. The third kappa shape index (κ3) is 3.35. The lowest BCUT2D eigenvalue weighted by Gasteiger charge is -2.11. The lowest BCUT2D eigenvalue weighted by atomic mass is 10.0. The van der Waals surface area contributed by atoms with Crippen LogP contribution in [0.2, 0.25) is 0 Å². The van der Waals surface area contributed by atoms with Crippen LogP contribution in [0.5, 0.6) is 0 Å². The highest BCUT2D eigenvalue weighted by Gasteiger charge is 2.24. The summed E-state index contributed by atoms with van der Waals surface area (Å²) in [4.78, 5) is 15.2. The molecule has 0 unspecified atom stereocenters. The molecular formula is C35H20N4S2. The van der Waals surface area contributed by atoms with Crippen molar-refractivity contribution in [2.45, 2.75) is 0 Å². The van der Waals surface area contributed by atoms with Gasteiger partial charge in [-0.15, -0.1) is 22.7 Å². The largest absolute Gasteiger partial charge is 0.276 e. The predicted octanol–water partition coefficient (Wildman–Crippen LogP) is 9.89. The van der Waals surface area contributed by atoms with Crippen molar-refractivity contribution in [3.63, 3.8) is 0 Å². The summed E-state index contributed by atoms with van der Waals surface area (Å²) < 4.78 is 6.10. The minimum atomic E-state index is 0.624. The molecule has 6 heteroatoms. The number of para-hydroxylation sites is 1. The van der Waals surface area contributed by atoms with Gasteiger partial charge in [-0.05, 0) is 23.6 Å². The number of aromatic nitrogens is 4. The molecule has 4 aromatic heterocycles. The molecule has 0 saturated carbocycles. The Hall–Kier alpha value is -4.91. The summed E-state index contributed by atoms with van der Waals surface area (Å²) in [6.45, 7) is 0. The van der Waals surface area contributed by atoms with Gasteiger partial charge in [0.2, 0.25) is 5.95 Å². The fourth-order valence-electron chi connectivity index (χ4n) is 5.97. The van der Waals surface area contributed by atoms with Crippen LogP contribution >= 0.6 is 22.7 Å². The van der Waals surface area contributed by atoms with E-state index < -0.39 is 0 Å². The number of hydrogen-bond acceptors (Lipinski definition) is 5. The molecule has 41 heavy (non-hydrogen) atoms. The standard InChI is InChI=1S/C35H20N4S2/c1-3-11-21(12-4-1)33-36-34(22-13-5-2-6-14-22)38-35(37-33)39-26-17-9-7-15-23(26)29-30(39)32-28(25-19-20-40-31(25)29)24-16-8-10-18-27(24)41-32/h1-20H. The van der Waals surface area contributed by atoms with E-state index in [0.29, 0.717) is 17.6 Å². The summed E-state index contributed by atoms with van der Waals surface area (Å²) in [5.41, 5.74) is 4.16. The van der Waals surface area contributed by atoms with E-state index >= 15 is 0 Å². The smallest absolute Gasteiger partial charge is 0.238 e. The van der Waals surface area contributed by atoms with Gasteiger partial charge in [0.15, 0.2) is 11.6 Å². The second-order valence-corrected chi connectivity index (χ2v) is 12.0. The molecule has 0 aliphatic carbocycles. The van der Waals surface area contributed by atoms with E-state index in [2.05, 4.69) is 88.8 Å². The first-order valence-corrected chi connectivity index (χ1v) is 15.2.